The Morgan fingerprint density at radius 2 is 1.38 bits per heavy atom. The van der Waals surface area contributed by atoms with Crippen molar-refractivity contribution in [2.24, 2.45) is 10.8 Å². The van der Waals surface area contributed by atoms with Crippen LogP contribution in [0, 0.1) is 10.8 Å². The van der Waals surface area contributed by atoms with E-state index in [1.807, 2.05) is 25.5 Å². The highest BCUT2D eigenvalue weighted by Crippen LogP contribution is 2.66. The second kappa shape index (κ2) is 20.1. The zero-order valence-corrected chi connectivity index (χ0v) is 40.7. The van der Waals surface area contributed by atoms with Crippen molar-refractivity contribution >= 4 is 16.8 Å². The lowest BCUT2D eigenvalue weighted by molar-refractivity contribution is 0.0644. The quantitative estimate of drug-likeness (QED) is 0.0497. The molecule has 1 fully saturated rings. The number of hydrogen-bond donors (Lipinski definition) is 0. The molecule has 1 spiro atoms. The van der Waals surface area contributed by atoms with Gasteiger partial charge in [0, 0.05) is 39.5 Å². The fourth-order valence-corrected chi connectivity index (χ4v) is 11.4. The van der Waals surface area contributed by atoms with E-state index in [9.17, 15) is 0 Å². The van der Waals surface area contributed by atoms with Crippen molar-refractivity contribution in [3.63, 3.8) is 0 Å². The maximum atomic E-state index is 6.74. The highest BCUT2D eigenvalue weighted by atomic mass is 16.5. The SMILES string of the molecule is C/C=C\C(=C/C/C=C/OCCC)C(/C=C\c1c2c(c3cc(-c4ccc(OC)cc4OC)c(OC)cc3c1OC)-c1ccccc1C21CC(C)(C)CC(C)(C)C1)c1ccc(OCCC)cc1. The third kappa shape index (κ3) is 9.60. The summed E-state index contributed by atoms with van der Waals surface area (Å²) in [5.74, 6) is 3.81. The lowest BCUT2D eigenvalue weighted by Gasteiger charge is -2.52. The van der Waals surface area contributed by atoms with E-state index < -0.39 is 0 Å². The van der Waals surface area contributed by atoms with Gasteiger partial charge in [0.2, 0.25) is 0 Å². The average Bonchev–Trinajstić information content (AvgIpc) is 3.55. The number of benzene rings is 5. The molecule has 5 aromatic carbocycles. The van der Waals surface area contributed by atoms with Crippen molar-refractivity contribution in [3.8, 4) is 51.0 Å². The minimum atomic E-state index is -0.282. The highest BCUT2D eigenvalue weighted by Gasteiger charge is 2.54. The molecular formula is C59H70O6. The molecule has 65 heavy (non-hydrogen) atoms. The molecule has 0 heterocycles. The molecule has 342 valence electrons. The summed E-state index contributed by atoms with van der Waals surface area (Å²) in [7, 11) is 6.94. The van der Waals surface area contributed by atoms with E-state index >= 15 is 0 Å². The van der Waals surface area contributed by atoms with Gasteiger partial charge in [-0.25, -0.2) is 0 Å². The molecule has 0 bridgehead atoms. The van der Waals surface area contributed by atoms with Crippen LogP contribution in [-0.2, 0) is 10.2 Å². The first kappa shape index (κ1) is 47.1. The molecule has 7 rings (SSSR count). The van der Waals surface area contributed by atoms with Crippen molar-refractivity contribution in [3.05, 3.63) is 143 Å². The van der Waals surface area contributed by atoms with E-state index in [2.05, 4.69) is 152 Å². The summed E-state index contributed by atoms with van der Waals surface area (Å²) in [6.07, 6.45) is 21.2. The topological polar surface area (TPSA) is 55.4 Å². The Morgan fingerprint density at radius 3 is 2.05 bits per heavy atom. The minimum absolute atomic E-state index is 0.0709. The lowest BCUT2D eigenvalue weighted by Crippen LogP contribution is -2.44. The molecule has 0 amide bonds. The molecule has 1 atom stereocenters. The standard InChI is InChI=1S/C59H70O6/c1-12-19-40(20-17-18-33-64-31-13-2)44(41-23-25-42(26-24-41)65-32-14-3)29-30-47-55-54(46-21-15-16-22-51(46)59(55)38-57(4,5)37-58(6,7)39-59)49-35-48(53(62-10)36-50(49)56(47)63-11)45-28-27-43(60-8)34-52(45)61-9/h12,15-16,18-30,33-36,44H,13-14,17,31-32,37-39H2,1-11H3/b19-12-,30-29-,33-18+,40-20+. The van der Waals surface area contributed by atoms with Crippen LogP contribution in [-0.4, -0.2) is 41.7 Å². The van der Waals surface area contributed by atoms with Crippen LogP contribution in [0.2, 0.25) is 0 Å². The summed E-state index contributed by atoms with van der Waals surface area (Å²) < 4.78 is 36.4. The Kier molecular flexibility index (Phi) is 14.6. The first-order valence-corrected chi connectivity index (χ1v) is 23.5. The predicted molar refractivity (Wildman–Crippen MR) is 270 cm³/mol. The van der Waals surface area contributed by atoms with Gasteiger partial charge in [0.05, 0.1) is 47.9 Å². The summed E-state index contributed by atoms with van der Waals surface area (Å²) in [5.41, 5.74) is 10.5. The van der Waals surface area contributed by atoms with Crippen LogP contribution < -0.4 is 23.7 Å². The highest BCUT2D eigenvalue weighted by molar-refractivity contribution is 6.10. The van der Waals surface area contributed by atoms with Crippen molar-refractivity contribution in [1.29, 1.82) is 0 Å². The van der Waals surface area contributed by atoms with Crippen molar-refractivity contribution in [2.75, 3.05) is 41.7 Å². The Bertz CT molecular complexity index is 2570. The first-order chi connectivity index (χ1) is 31.4. The molecule has 0 aliphatic heterocycles. The molecule has 0 aromatic heterocycles. The van der Waals surface area contributed by atoms with Gasteiger partial charge in [-0.1, -0.05) is 108 Å². The van der Waals surface area contributed by atoms with Gasteiger partial charge >= 0.3 is 0 Å². The Balaban J connectivity index is 1.55. The Labute approximate surface area is 389 Å². The van der Waals surface area contributed by atoms with Crippen molar-refractivity contribution in [2.45, 2.75) is 98.3 Å². The van der Waals surface area contributed by atoms with Crippen LogP contribution in [0.1, 0.15) is 115 Å². The van der Waals surface area contributed by atoms with Crippen LogP contribution in [0.4, 0.5) is 0 Å². The zero-order chi connectivity index (χ0) is 46.4. The molecule has 1 saturated carbocycles. The second-order valence-corrected chi connectivity index (χ2v) is 19.3. The number of ether oxygens (including phenoxy) is 6. The molecule has 1 unspecified atom stereocenters. The molecular weight excluding hydrogens is 805 g/mol. The fraction of sp³-hybridized carbons (Fsp3) is 0.390. The van der Waals surface area contributed by atoms with Gasteiger partial charge in [-0.2, -0.15) is 0 Å². The summed E-state index contributed by atoms with van der Waals surface area (Å²) in [5, 5.41) is 2.12. The fourth-order valence-electron chi connectivity index (χ4n) is 11.4. The molecule has 6 nitrogen and oxygen atoms in total. The number of rotatable bonds is 18. The Morgan fingerprint density at radius 1 is 0.692 bits per heavy atom. The normalized spacial score (nSPS) is 16.6. The van der Waals surface area contributed by atoms with Gasteiger partial charge in [-0.15, -0.1) is 0 Å². The number of fused-ring (bicyclic) bond motifs is 7. The zero-order valence-electron chi connectivity index (χ0n) is 40.7. The van der Waals surface area contributed by atoms with Gasteiger partial charge in [-0.05, 0) is 138 Å². The number of methoxy groups -OCH3 is 4. The average molecular weight is 875 g/mol. The van der Waals surface area contributed by atoms with E-state index in [1.165, 1.54) is 33.4 Å². The van der Waals surface area contributed by atoms with Crippen molar-refractivity contribution < 1.29 is 28.4 Å². The van der Waals surface area contributed by atoms with E-state index in [-0.39, 0.29) is 22.2 Å². The van der Waals surface area contributed by atoms with Gasteiger partial charge in [0.25, 0.3) is 0 Å². The summed E-state index contributed by atoms with van der Waals surface area (Å²) in [4.78, 5) is 0. The smallest absolute Gasteiger partial charge is 0.134 e. The van der Waals surface area contributed by atoms with Crippen LogP contribution >= 0.6 is 0 Å². The number of allylic oxidation sites excluding steroid dienone is 6. The molecule has 5 aromatic rings. The Hall–Kier alpha value is -5.88. The predicted octanol–water partition coefficient (Wildman–Crippen LogP) is 15.5. The molecule has 0 N–H and O–H groups in total. The van der Waals surface area contributed by atoms with Crippen molar-refractivity contribution in [1.82, 2.24) is 0 Å². The monoisotopic (exact) mass is 875 g/mol. The van der Waals surface area contributed by atoms with Crippen LogP contribution in [0.15, 0.2) is 121 Å². The molecule has 0 radical (unpaired) electrons. The third-order valence-corrected chi connectivity index (χ3v) is 13.1. The van der Waals surface area contributed by atoms with Crippen LogP contribution in [0.25, 0.3) is 39.1 Å². The maximum Gasteiger partial charge on any atom is 0.134 e. The molecule has 0 saturated heterocycles. The van der Waals surface area contributed by atoms with Gasteiger partial charge in [-0.3, -0.25) is 0 Å². The second-order valence-electron chi connectivity index (χ2n) is 19.3. The number of hydrogen-bond acceptors (Lipinski definition) is 6. The summed E-state index contributed by atoms with van der Waals surface area (Å²) in [6, 6.07) is 28.2. The summed E-state index contributed by atoms with van der Waals surface area (Å²) >= 11 is 0. The van der Waals surface area contributed by atoms with Gasteiger partial charge in [0.1, 0.15) is 28.7 Å². The first-order valence-electron chi connectivity index (χ1n) is 23.5. The van der Waals surface area contributed by atoms with E-state index in [4.69, 9.17) is 28.4 Å². The van der Waals surface area contributed by atoms with Crippen LogP contribution in [0.5, 0.6) is 28.7 Å². The van der Waals surface area contributed by atoms with E-state index in [1.54, 1.807) is 21.3 Å². The maximum absolute atomic E-state index is 6.74. The third-order valence-electron chi connectivity index (χ3n) is 13.1. The minimum Gasteiger partial charge on any atom is -0.502 e. The van der Waals surface area contributed by atoms with Gasteiger partial charge < -0.3 is 28.4 Å². The largest absolute Gasteiger partial charge is 0.502 e. The van der Waals surface area contributed by atoms with Gasteiger partial charge in [0.15, 0.2) is 0 Å². The molecule has 2 aliphatic rings. The molecule has 6 heteroatoms. The van der Waals surface area contributed by atoms with E-state index in [0.717, 1.165) is 89.0 Å². The van der Waals surface area contributed by atoms with Crippen LogP contribution in [0.3, 0.4) is 0 Å². The molecule has 2 aliphatic carbocycles. The summed E-state index contributed by atoms with van der Waals surface area (Å²) in [6.45, 7) is 17.6. The van der Waals surface area contributed by atoms with E-state index in [0.29, 0.717) is 19.0 Å². The lowest BCUT2D eigenvalue weighted by atomic mass is 9.52.